The number of aromatic nitrogens is 2. The summed E-state index contributed by atoms with van der Waals surface area (Å²) in [6.45, 7) is 2.55. The third-order valence-electron chi connectivity index (χ3n) is 3.22. The monoisotopic (exact) mass is 254 g/mol. The first kappa shape index (κ1) is 12.3. The number of hydrogen-bond donors (Lipinski definition) is 1. The van der Waals surface area contributed by atoms with Crippen LogP contribution in [0.4, 0.5) is 11.5 Å². The lowest BCUT2D eigenvalue weighted by Gasteiger charge is -2.13. The van der Waals surface area contributed by atoms with Gasteiger partial charge < -0.3 is 10.0 Å². The maximum atomic E-state index is 11.0. The lowest BCUT2D eigenvalue weighted by atomic mass is 9.99. The predicted molar refractivity (Wildman–Crippen MR) is 62.4 cm³/mol. The Morgan fingerprint density at radius 3 is 2.78 bits per heavy atom. The van der Waals surface area contributed by atoms with E-state index in [0.717, 1.165) is 0 Å². The molecule has 2 heterocycles. The molecule has 0 aromatic carbocycles. The van der Waals surface area contributed by atoms with Gasteiger partial charge in [0.15, 0.2) is 0 Å². The summed E-state index contributed by atoms with van der Waals surface area (Å²) in [6, 6.07) is 0. The van der Waals surface area contributed by atoms with Gasteiger partial charge in [0, 0.05) is 20.1 Å². The predicted octanol–water partition coefficient (Wildman–Crippen LogP) is 0.485. The third-order valence-corrected chi connectivity index (χ3v) is 3.22. The number of carbonyl (C=O) groups is 1. The van der Waals surface area contributed by atoms with Crippen LogP contribution in [0.15, 0.2) is 6.20 Å². The number of aliphatic carboxylic acids is 1. The molecule has 1 aromatic rings. The van der Waals surface area contributed by atoms with Crippen LogP contribution in [0, 0.1) is 22.0 Å². The van der Waals surface area contributed by atoms with E-state index in [1.165, 1.54) is 10.9 Å². The van der Waals surface area contributed by atoms with Crippen LogP contribution in [-0.2, 0) is 11.8 Å². The van der Waals surface area contributed by atoms with Crippen LogP contribution in [0.2, 0.25) is 0 Å². The van der Waals surface area contributed by atoms with E-state index in [2.05, 4.69) is 5.10 Å². The number of carboxylic acid groups (broad SMARTS) is 1. The van der Waals surface area contributed by atoms with Gasteiger partial charge >= 0.3 is 11.7 Å². The Kier molecular flexibility index (Phi) is 2.93. The Labute approximate surface area is 103 Å². The summed E-state index contributed by atoms with van der Waals surface area (Å²) in [5.74, 6) is -1.18. The molecule has 0 spiro atoms. The van der Waals surface area contributed by atoms with Crippen molar-refractivity contribution < 1.29 is 14.8 Å². The van der Waals surface area contributed by atoms with E-state index in [9.17, 15) is 14.9 Å². The Morgan fingerprint density at radius 1 is 1.61 bits per heavy atom. The van der Waals surface area contributed by atoms with Crippen LogP contribution < -0.4 is 4.90 Å². The number of aryl methyl sites for hydroxylation is 1. The summed E-state index contributed by atoms with van der Waals surface area (Å²) >= 11 is 0. The van der Waals surface area contributed by atoms with Crippen molar-refractivity contribution in [2.24, 2.45) is 18.9 Å². The van der Waals surface area contributed by atoms with Crippen LogP contribution in [-0.4, -0.2) is 38.9 Å². The first-order valence-electron chi connectivity index (χ1n) is 5.56. The van der Waals surface area contributed by atoms with Crippen molar-refractivity contribution >= 4 is 17.5 Å². The molecule has 18 heavy (non-hydrogen) atoms. The number of hydrogen-bond acceptors (Lipinski definition) is 5. The molecule has 1 aromatic heterocycles. The molecule has 0 bridgehead atoms. The Morgan fingerprint density at radius 2 is 2.28 bits per heavy atom. The lowest BCUT2D eigenvalue weighted by molar-refractivity contribution is -0.384. The summed E-state index contributed by atoms with van der Waals surface area (Å²) in [5.41, 5.74) is -0.0873. The minimum atomic E-state index is -0.872. The summed E-state index contributed by atoms with van der Waals surface area (Å²) in [4.78, 5) is 23.1. The molecule has 1 saturated heterocycles. The smallest absolute Gasteiger partial charge is 0.330 e. The van der Waals surface area contributed by atoms with Crippen LogP contribution in [0.3, 0.4) is 0 Å². The van der Waals surface area contributed by atoms with Crippen molar-refractivity contribution in [3.8, 4) is 0 Å². The summed E-state index contributed by atoms with van der Waals surface area (Å²) in [5, 5.41) is 24.0. The highest BCUT2D eigenvalue weighted by atomic mass is 16.6. The van der Waals surface area contributed by atoms with Crippen molar-refractivity contribution in [3.63, 3.8) is 0 Å². The van der Waals surface area contributed by atoms with E-state index in [1.54, 1.807) is 11.9 Å². The average molecular weight is 254 g/mol. The summed E-state index contributed by atoms with van der Waals surface area (Å²) in [6.07, 6.45) is 1.33. The van der Waals surface area contributed by atoms with Crippen molar-refractivity contribution in [1.82, 2.24) is 9.78 Å². The minimum Gasteiger partial charge on any atom is -0.481 e. The number of nitrogens with zero attached hydrogens (tertiary/aromatic N) is 4. The molecule has 2 unspecified atom stereocenters. The minimum absolute atomic E-state index is 0.0517. The lowest BCUT2D eigenvalue weighted by Crippen LogP contribution is -2.24. The van der Waals surface area contributed by atoms with Gasteiger partial charge in [-0.2, -0.15) is 0 Å². The largest absolute Gasteiger partial charge is 0.481 e. The summed E-state index contributed by atoms with van der Waals surface area (Å²) < 4.78 is 1.37. The number of nitro groups is 1. The van der Waals surface area contributed by atoms with Crippen molar-refractivity contribution in [1.29, 1.82) is 0 Å². The second-order valence-corrected chi connectivity index (χ2v) is 4.60. The van der Waals surface area contributed by atoms with E-state index in [-0.39, 0.29) is 24.0 Å². The van der Waals surface area contributed by atoms with E-state index >= 15 is 0 Å². The average Bonchev–Trinajstić information content (AvgIpc) is 2.81. The van der Waals surface area contributed by atoms with Gasteiger partial charge in [-0.25, -0.2) is 0 Å². The first-order chi connectivity index (χ1) is 8.40. The number of carboxylic acids is 1. The molecule has 2 atom stereocenters. The van der Waals surface area contributed by atoms with Gasteiger partial charge in [-0.1, -0.05) is 6.92 Å². The molecule has 8 heteroatoms. The quantitative estimate of drug-likeness (QED) is 0.622. The van der Waals surface area contributed by atoms with Crippen LogP contribution in [0.1, 0.15) is 6.92 Å². The molecule has 0 aliphatic carbocycles. The zero-order valence-electron chi connectivity index (χ0n) is 10.1. The molecule has 98 valence electrons. The zero-order valence-corrected chi connectivity index (χ0v) is 10.1. The molecule has 1 N–H and O–H groups in total. The van der Waals surface area contributed by atoms with Gasteiger partial charge in [0.25, 0.3) is 0 Å². The topological polar surface area (TPSA) is 102 Å². The highest BCUT2D eigenvalue weighted by molar-refractivity contribution is 5.73. The molecule has 0 saturated carbocycles. The summed E-state index contributed by atoms with van der Waals surface area (Å²) in [7, 11) is 1.60. The van der Waals surface area contributed by atoms with Crippen LogP contribution in [0.25, 0.3) is 0 Å². The SMILES string of the molecule is CC1CN(c2nn(C)cc2[N+](=O)[O-])CC1C(=O)O. The highest BCUT2D eigenvalue weighted by Gasteiger charge is 2.38. The fourth-order valence-electron chi connectivity index (χ4n) is 2.28. The molecular formula is C10H14N4O4. The van der Waals surface area contributed by atoms with E-state index in [0.29, 0.717) is 6.54 Å². The zero-order chi connectivity index (χ0) is 13.4. The van der Waals surface area contributed by atoms with Crippen molar-refractivity contribution in [3.05, 3.63) is 16.3 Å². The maximum Gasteiger partial charge on any atom is 0.330 e. The second kappa shape index (κ2) is 4.28. The first-order valence-corrected chi connectivity index (χ1v) is 5.56. The van der Waals surface area contributed by atoms with Gasteiger partial charge in [-0.05, 0) is 5.92 Å². The van der Waals surface area contributed by atoms with Gasteiger partial charge in [0.1, 0.15) is 6.20 Å². The highest BCUT2D eigenvalue weighted by Crippen LogP contribution is 2.32. The molecule has 8 nitrogen and oxygen atoms in total. The van der Waals surface area contributed by atoms with E-state index in [1.807, 2.05) is 6.92 Å². The standard InChI is InChI=1S/C10H14N4O4/c1-6-3-13(4-7(6)10(15)16)9-8(14(17)18)5-12(2)11-9/h5-7H,3-4H2,1-2H3,(H,15,16). The fraction of sp³-hybridized carbons (Fsp3) is 0.600. The Hall–Kier alpha value is -2.12. The Balaban J connectivity index is 2.29. The molecular weight excluding hydrogens is 240 g/mol. The molecule has 2 rings (SSSR count). The van der Waals surface area contributed by atoms with Crippen molar-refractivity contribution in [2.75, 3.05) is 18.0 Å². The molecule has 0 radical (unpaired) electrons. The fourth-order valence-corrected chi connectivity index (χ4v) is 2.28. The van der Waals surface area contributed by atoms with Crippen molar-refractivity contribution in [2.45, 2.75) is 6.92 Å². The van der Waals surface area contributed by atoms with Gasteiger partial charge in [-0.15, -0.1) is 5.10 Å². The van der Waals surface area contributed by atoms with Gasteiger partial charge in [0.05, 0.1) is 10.8 Å². The molecule has 1 aliphatic rings. The maximum absolute atomic E-state index is 11.0. The molecule has 1 aliphatic heterocycles. The second-order valence-electron chi connectivity index (χ2n) is 4.60. The van der Waals surface area contributed by atoms with E-state index < -0.39 is 16.8 Å². The normalized spacial score (nSPS) is 23.3. The van der Waals surface area contributed by atoms with Crippen LogP contribution in [0.5, 0.6) is 0 Å². The number of rotatable bonds is 3. The molecule has 1 fully saturated rings. The Bertz CT molecular complexity index is 498. The third kappa shape index (κ3) is 2.01. The van der Waals surface area contributed by atoms with Crippen LogP contribution >= 0.6 is 0 Å². The van der Waals surface area contributed by atoms with E-state index in [4.69, 9.17) is 5.11 Å². The van der Waals surface area contributed by atoms with Gasteiger partial charge in [-0.3, -0.25) is 19.6 Å². The number of anilines is 1. The molecule has 0 amide bonds. The van der Waals surface area contributed by atoms with Gasteiger partial charge in [0.2, 0.25) is 5.82 Å².